The molecule has 1 atom stereocenters. The summed E-state index contributed by atoms with van der Waals surface area (Å²) in [5.41, 5.74) is 1.67. The van der Waals surface area contributed by atoms with Crippen molar-refractivity contribution in [3.63, 3.8) is 0 Å². The van der Waals surface area contributed by atoms with Crippen molar-refractivity contribution in [1.29, 1.82) is 0 Å². The number of benzene rings is 2. The van der Waals surface area contributed by atoms with Gasteiger partial charge in [0.15, 0.2) is 0 Å². The van der Waals surface area contributed by atoms with E-state index in [0.717, 1.165) is 11.3 Å². The predicted molar refractivity (Wildman–Crippen MR) is 102 cm³/mol. The van der Waals surface area contributed by atoms with E-state index in [-0.39, 0.29) is 6.61 Å². The molecule has 0 amide bonds. The number of rotatable bonds is 10. The normalized spacial score (nSPS) is 13.6. The second kappa shape index (κ2) is 10.1. The molecule has 0 aliphatic carbocycles. The number of nitrogens with zero attached hydrogens (tertiary/aromatic N) is 1. The van der Waals surface area contributed by atoms with Crippen LogP contribution in [0.3, 0.4) is 0 Å². The molecule has 0 saturated carbocycles. The molecule has 0 heterocycles. The van der Waals surface area contributed by atoms with Crippen LogP contribution in [-0.2, 0) is 15.7 Å². The first-order chi connectivity index (χ1) is 11.7. The zero-order chi connectivity index (χ0) is 17.3. The van der Waals surface area contributed by atoms with Gasteiger partial charge in [-0.25, -0.2) is 9.24 Å². The summed E-state index contributed by atoms with van der Waals surface area (Å²) in [6, 6.07) is 19.0. The lowest BCUT2D eigenvalue weighted by Crippen LogP contribution is -2.29. The van der Waals surface area contributed by atoms with E-state index in [4.69, 9.17) is 27.7 Å². The molecule has 0 aliphatic rings. The SMILES string of the molecule is O=P(Nc1ccccc1)(OCc1ccccc1)N(CCCl)CCCl. The van der Waals surface area contributed by atoms with Crippen LogP contribution in [0.4, 0.5) is 5.69 Å². The van der Waals surface area contributed by atoms with Gasteiger partial charge in [-0.1, -0.05) is 48.5 Å². The number of hydrogen-bond acceptors (Lipinski definition) is 2. The lowest BCUT2D eigenvalue weighted by molar-refractivity contribution is 0.260. The van der Waals surface area contributed by atoms with Crippen LogP contribution in [0.5, 0.6) is 0 Å². The Morgan fingerprint density at radius 3 is 2.00 bits per heavy atom. The minimum absolute atomic E-state index is 0.235. The summed E-state index contributed by atoms with van der Waals surface area (Å²) in [6.45, 7) is 1.07. The molecule has 7 heteroatoms. The van der Waals surface area contributed by atoms with Gasteiger partial charge in [0, 0.05) is 30.5 Å². The molecule has 1 N–H and O–H groups in total. The molecule has 130 valence electrons. The summed E-state index contributed by atoms with van der Waals surface area (Å²) >= 11 is 11.7. The van der Waals surface area contributed by atoms with E-state index in [2.05, 4.69) is 5.09 Å². The van der Waals surface area contributed by atoms with Crippen molar-refractivity contribution < 1.29 is 9.09 Å². The van der Waals surface area contributed by atoms with E-state index < -0.39 is 7.67 Å². The largest absolute Gasteiger partial charge is 0.369 e. The van der Waals surface area contributed by atoms with Crippen LogP contribution in [0.2, 0.25) is 0 Å². The second-order valence-electron chi connectivity index (χ2n) is 5.09. The van der Waals surface area contributed by atoms with E-state index >= 15 is 0 Å². The summed E-state index contributed by atoms with van der Waals surface area (Å²) in [4.78, 5) is 0. The van der Waals surface area contributed by atoms with Gasteiger partial charge in [0.1, 0.15) is 0 Å². The highest BCUT2D eigenvalue weighted by atomic mass is 35.5. The Labute approximate surface area is 153 Å². The average molecular weight is 387 g/mol. The van der Waals surface area contributed by atoms with Crippen molar-refractivity contribution in [1.82, 2.24) is 4.67 Å². The van der Waals surface area contributed by atoms with Crippen molar-refractivity contribution in [2.45, 2.75) is 6.61 Å². The number of anilines is 1. The topological polar surface area (TPSA) is 41.6 Å². The molecule has 0 aliphatic heterocycles. The van der Waals surface area contributed by atoms with Gasteiger partial charge in [-0.05, 0) is 17.7 Å². The van der Waals surface area contributed by atoms with Crippen molar-refractivity contribution in [3.05, 3.63) is 66.2 Å². The fourth-order valence-corrected chi connectivity index (χ4v) is 4.71. The standard InChI is InChI=1S/C17H21Cl2N2O2P/c18-11-13-21(14-12-19)24(22,20-17-9-5-2-6-10-17)23-15-16-7-3-1-4-8-16/h1-10H,11-15H2,(H,20,22). The fraction of sp³-hybridized carbons (Fsp3) is 0.294. The average Bonchev–Trinajstić information content (AvgIpc) is 2.62. The molecule has 0 aromatic heterocycles. The first-order valence-corrected chi connectivity index (χ1v) is 10.3. The number of halogens is 2. The van der Waals surface area contributed by atoms with E-state index in [1.165, 1.54) is 0 Å². The van der Waals surface area contributed by atoms with Gasteiger partial charge in [0.2, 0.25) is 0 Å². The minimum atomic E-state index is -3.34. The molecule has 0 spiro atoms. The molecule has 1 unspecified atom stereocenters. The molecule has 0 fully saturated rings. The third kappa shape index (κ3) is 5.80. The molecule has 2 rings (SSSR count). The molecule has 2 aromatic carbocycles. The Balaban J connectivity index is 2.19. The highest BCUT2D eigenvalue weighted by molar-refractivity contribution is 7.58. The van der Waals surface area contributed by atoms with Crippen molar-refractivity contribution in [3.8, 4) is 0 Å². The van der Waals surface area contributed by atoms with Gasteiger partial charge >= 0.3 is 7.67 Å². The summed E-state index contributed by atoms with van der Waals surface area (Å²) in [5.74, 6) is 0.679. The zero-order valence-corrected chi connectivity index (χ0v) is 15.7. The summed E-state index contributed by atoms with van der Waals surface area (Å²) in [6.07, 6.45) is 0. The fourth-order valence-electron chi connectivity index (χ4n) is 2.17. The van der Waals surface area contributed by atoms with Crippen LogP contribution in [0, 0.1) is 0 Å². The smallest absolute Gasteiger partial charge is 0.303 e. The monoisotopic (exact) mass is 386 g/mol. The van der Waals surface area contributed by atoms with Gasteiger partial charge in [0.05, 0.1) is 6.61 Å². The molecule has 0 bridgehead atoms. The minimum Gasteiger partial charge on any atom is -0.303 e. The Bertz CT molecular complexity index is 638. The Morgan fingerprint density at radius 2 is 1.46 bits per heavy atom. The molecular formula is C17H21Cl2N2O2P. The molecule has 0 radical (unpaired) electrons. The number of hydrogen-bond donors (Lipinski definition) is 1. The second-order valence-corrected chi connectivity index (χ2v) is 7.93. The van der Waals surface area contributed by atoms with Gasteiger partial charge < -0.3 is 5.09 Å². The van der Waals surface area contributed by atoms with Crippen LogP contribution in [0.1, 0.15) is 5.56 Å². The van der Waals surface area contributed by atoms with Crippen LogP contribution in [0.15, 0.2) is 60.7 Å². The quantitative estimate of drug-likeness (QED) is 0.449. The van der Waals surface area contributed by atoms with Gasteiger partial charge in [-0.3, -0.25) is 4.52 Å². The van der Waals surface area contributed by atoms with E-state index in [0.29, 0.717) is 24.8 Å². The maximum atomic E-state index is 13.5. The van der Waals surface area contributed by atoms with Crippen LogP contribution >= 0.6 is 30.9 Å². The Hall–Kier alpha value is -1.03. The van der Waals surface area contributed by atoms with E-state index in [1.54, 1.807) is 4.67 Å². The molecular weight excluding hydrogens is 366 g/mol. The zero-order valence-electron chi connectivity index (χ0n) is 13.3. The van der Waals surface area contributed by atoms with Crippen molar-refractivity contribution in [2.24, 2.45) is 0 Å². The van der Waals surface area contributed by atoms with Gasteiger partial charge in [-0.2, -0.15) is 0 Å². The predicted octanol–water partition coefficient (Wildman–Crippen LogP) is 5.20. The molecule has 2 aromatic rings. The summed E-state index contributed by atoms with van der Waals surface area (Å²) in [7, 11) is -3.34. The number of alkyl halides is 2. The van der Waals surface area contributed by atoms with Crippen molar-refractivity contribution in [2.75, 3.05) is 29.9 Å². The number of para-hydroxylation sites is 1. The highest BCUT2D eigenvalue weighted by Gasteiger charge is 2.31. The lowest BCUT2D eigenvalue weighted by Gasteiger charge is -2.31. The summed E-state index contributed by atoms with van der Waals surface area (Å²) in [5, 5.41) is 3.04. The van der Waals surface area contributed by atoms with Gasteiger partial charge in [0.25, 0.3) is 0 Å². The lowest BCUT2D eigenvalue weighted by atomic mass is 10.2. The molecule has 24 heavy (non-hydrogen) atoms. The van der Waals surface area contributed by atoms with Gasteiger partial charge in [-0.15, -0.1) is 23.2 Å². The van der Waals surface area contributed by atoms with Crippen LogP contribution in [0.25, 0.3) is 0 Å². The molecule has 4 nitrogen and oxygen atoms in total. The molecule has 0 saturated heterocycles. The first kappa shape index (κ1) is 19.3. The maximum Gasteiger partial charge on any atom is 0.369 e. The maximum absolute atomic E-state index is 13.5. The Kier molecular flexibility index (Phi) is 8.10. The third-order valence-electron chi connectivity index (χ3n) is 3.35. The summed E-state index contributed by atoms with van der Waals surface area (Å²) < 4.78 is 21.0. The third-order valence-corrected chi connectivity index (χ3v) is 5.85. The Morgan fingerprint density at radius 1 is 0.917 bits per heavy atom. The van der Waals surface area contributed by atoms with E-state index in [9.17, 15) is 4.57 Å². The van der Waals surface area contributed by atoms with Crippen LogP contribution < -0.4 is 5.09 Å². The van der Waals surface area contributed by atoms with Crippen molar-refractivity contribution >= 4 is 36.6 Å². The van der Waals surface area contributed by atoms with Crippen LogP contribution in [-0.4, -0.2) is 29.5 Å². The first-order valence-electron chi connectivity index (χ1n) is 7.67. The number of nitrogens with one attached hydrogen (secondary N) is 1. The van der Waals surface area contributed by atoms with E-state index in [1.807, 2.05) is 60.7 Å². The highest BCUT2D eigenvalue weighted by Crippen LogP contribution is 2.51.